The minimum absolute atomic E-state index is 0.662. The maximum atomic E-state index is 6.06. The van der Waals surface area contributed by atoms with E-state index in [0.717, 1.165) is 35.5 Å². The number of benzene rings is 1. The van der Waals surface area contributed by atoms with E-state index in [-0.39, 0.29) is 0 Å². The van der Waals surface area contributed by atoms with Gasteiger partial charge in [0.05, 0.1) is 0 Å². The molecule has 0 radical (unpaired) electrons. The second kappa shape index (κ2) is 4.41. The van der Waals surface area contributed by atoms with Gasteiger partial charge in [-0.2, -0.15) is 0 Å². The summed E-state index contributed by atoms with van der Waals surface area (Å²) in [6, 6.07) is 8.27. The van der Waals surface area contributed by atoms with Crippen LogP contribution in [0.15, 0.2) is 24.3 Å². The van der Waals surface area contributed by atoms with Crippen molar-refractivity contribution in [2.24, 2.45) is 0 Å². The van der Waals surface area contributed by atoms with E-state index in [0.29, 0.717) is 5.82 Å². The predicted octanol–water partition coefficient (Wildman–Crippen LogP) is 2.91. The molecule has 1 aromatic heterocycles. The van der Waals surface area contributed by atoms with Crippen molar-refractivity contribution in [2.45, 2.75) is 32.6 Å². The maximum Gasteiger partial charge on any atom is 0.161 e. The molecule has 3 rings (SSSR count). The number of hydrogen-bond acceptors (Lipinski definition) is 3. The second-order valence-electron chi connectivity index (χ2n) is 4.93. The summed E-state index contributed by atoms with van der Waals surface area (Å²) < 4.78 is 0. The molecule has 0 spiro atoms. The van der Waals surface area contributed by atoms with Crippen LogP contribution in [0, 0.1) is 6.92 Å². The summed E-state index contributed by atoms with van der Waals surface area (Å²) in [6.45, 7) is 2.08. The Balaban J connectivity index is 2.08. The molecule has 18 heavy (non-hydrogen) atoms. The van der Waals surface area contributed by atoms with Crippen molar-refractivity contribution < 1.29 is 0 Å². The van der Waals surface area contributed by atoms with Gasteiger partial charge >= 0.3 is 0 Å². The van der Waals surface area contributed by atoms with Crippen LogP contribution in [0.25, 0.3) is 11.4 Å². The molecule has 0 fully saturated rings. The van der Waals surface area contributed by atoms with Crippen LogP contribution < -0.4 is 5.73 Å². The van der Waals surface area contributed by atoms with E-state index < -0.39 is 0 Å². The monoisotopic (exact) mass is 239 g/mol. The zero-order valence-electron chi connectivity index (χ0n) is 10.6. The lowest BCUT2D eigenvalue weighted by molar-refractivity contribution is 0.666. The van der Waals surface area contributed by atoms with Crippen molar-refractivity contribution in [3.63, 3.8) is 0 Å². The molecule has 0 amide bonds. The van der Waals surface area contributed by atoms with Crippen LogP contribution in [0.3, 0.4) is 0 Å². The van der Waals surface area contributed by atoms with Crippen LogP contribution in [-0.4, -0.2) is 9.97 Å². The highest BCUT2D eigenvalue weighted by atomic mass is 15.0. The molecule has 0 saturated carbocycles. The number of aryl methyl sites for hydroxylation is 2. The number of hydrogen-bond donors (Lipinski definition) is 1. The number of nitrogens with two attached hydrogens (primary N) is 1. The molecule has 0 unspecified atom stereocenters. The molecule has 0 aliphatic heterocycles. The first-order chi connectivity index (χ1) is 8.74. The van der Waals surface area contributed by atoms with Crippen LogP contribution in [-0.2, 0) is 12.8 Å². The molecule has 3 nitrogen and oxygen atoms in total. The van der Waals surface area contributed by atoms with Gasteiger partial charge in [0.1, 0.15) is 5.82 Å². The quantitative estimate of drug-likeness (QED) is 0.832. The Labute approximate surface area is 107 Å². The molecule has 1 heterocycles. The van der Waals surface area contributed by atoms with Crippen molar-refractivity contribution in [3.8, 4) is 11.4 Å². The van der Waals surface area contributed by atoms with E-state index in [1.807, 2.05) is 0 Å². The predicted molar refractivity (Wildman–Crippen MR) is 73.3 cm³/mol. The van der Waals surface area contributed by atoms with Crippen LogP contribution in [0.2, 0.25) is 0 Å². The Morgan fingerprint density at radius 1 is 1.00 bits per heavy atom. The lowest BCUT2D eigenvalue weighted by atomic mass is 9.96. The average molecular weight is 239 g/mol. The zero-order chi connectivity index (χ0) is 12.5. The molecule has 3 heteroatoms. The fourth-order valence-corrected chi connectivity index (χ4v) is 2.45. The van der Waals surface area contributed by atoms with Gasteiger partial charge in [0, 0.05) is 16.8 Å². The van der Waals surface area contributed by atoms with E-state index >= 15 is 0 Å². The molecule has 2 N–H and O–H groups in total. The number of nitrogens with zero attached hydrogens (tertiary/aromatic N) is 2. The third kappa shape index (κ3) is 1.96. The van der Waals surface area contributed by atoms with E-state index in [9.17, 15) is 0 Å². The van der Waals surface area contributed by atoms with Gasteiger partial charge in [-0.05, 0) is 32.6 Å². The van der Waals surface area contributed by atoms with Crippen molar-refractivity contribution in [1.82, 2.24) is 9.97 Å². The molecule has 1 aliphatic carbocycles. The Morgan fingerprint density at radius 2 is 1.72 bits per heavy atom. The van der Waals surface area contributed by atoms with Crippen LogP contribution in [0.1, 0.15) is 29.7 Å². The van der Waals surface area contributed by atoms with Gasteiger partial charge in [-0.25, -0.2) is 9.97 Å². The maximum absolute atomic E-state index is 6.06. The van der Waals surface area contributed by atoms with Crippen LogP contribution in [0.5, 0.6) is 0 Å². The Kier molecular flexibility index (Phi) is 2.74. The summed E-state index contributed by atoms with van der Waals surface area (Å²) in [5.41, 5.74) is 10.6. The summed E-state index contributed by atoms with van der Waals surface area (Å²) in [7, 11) is 0. The van der Waals surface area contributed by atoms with Gasteiger partial charge in [0.2, 0.25) is 0 Å². The Morgan fingerprint density at radius 3 is 2.50 bits per heavy atom. The standard InChI is InChI=1S/C15H17N3/c1-10-6-8-11(9-7-10)15-17-13-5-3-2-4-12(13)14(16)18-15/h6-9H,2-5H2,1H3,(H2,16,17,18). The molecular weight excluding hydrogens is 222 g/mol. The van der Waals surface area contributed by atoms with E-state index in [1.54, 1.807) is 0 Å². The van der Waals surface area contributed by atoms with Gasteiger partial charge in [-0.3, -0.25) is 0 Å². The van der Waals surface area contributed by atoms with Gasteiger partial charge in [-0.15, -0.1) is 0 Å². The normalized spacial score (nSPS) is 14.3. The first-order valence-corrected chi connectivity index (χ1v) is 6.46. The highest BCUT2D eigenvalue weighted by molar-refractivity contribution is 5.59. The number of nitrogen functional groups attached to an aromatic ring is 1. The summed E-state index contributed by atoms with van der Waals surface area (Å²) in [5.74, 6) is 1.42. The number of rotatable bonds is 1. The lowest BCUT2D eigenvalue weighted by Gasteiger charge is -2.17. The summed E-state index contributed by atoms with van der Waals surface area (Å²) >= 11 is 0. The smallest absolute Gasteiger partial charge is 0.161 e. The highest BCUT2D eigenvalue weighted by Crippen LogP contribution is 2.26. The number of anilines is 1. The molecule has 92 valence electrons. The van der Waals surface area contributed by atoms with Crippen molar-refractivity contribution >= 4 is 5.82 Å². The minimum Gasteiger partial charge on any atom is -0.383 e. The third-order valence-corrected chi connectivity index (χ3v) is 3.52. The largest absolute Gasteiger partial charge is 0.383 e. The Bertz CT molecular complexity index is 573. The minimum atomic E-state index is 0.662. The van der Waals surface area contributed by atoms with Gasteiger partial charge in [0.15, 0.2) is 5.82 Å². The molecule has 1 aliphatic rings. The molecule has 0 saturated heterocycles. The molecular formula is C15H17N3. The van der Waals surface area contributed by atoms with Crippen LogP contribution >= 0.6 is 0 Å². The van der Waals surface area contributed by atoms with Gasteiger partial charge in [-0.1, -0.05) is 29.8 Å². The third-order valence-electron chi connectivity index (χ3n) is 3.52. The van der Waals surface area contributed by atoms with Crippen molar-refractivity contribution in [3.05, 3.63) is 41.1 Å². The Hall–Kier alpha value is -1.90. The molecule has 2 aromatic rings. The number of aromatic nitrogens is 2. The van der Waals surface area contributed by atoms with Crippen molar-refractivity contribution in [1.29, 1.82) is 0 Å². The van der Waals surface area contributed by atoms with Crippen LogP contribution in [0.4, 0.5) is 5.82 Å². The van der Waals surface area contributed by atoms with Crippen molar-refractivity contribution in [2.75, 3.05) is 5.73 Å². The molecule has 1 aromatic carbocycles. The van der Waals surface area contributed by atoms with E-state index in [4.69, 9.17) is 5.73 Å². The van der Waals surface area contributed by atoms with Gasteiger partial charge < -0.3 is 5.73 Å². The number of fused-ring (bicyclic) bond motifs is 1. The average Bonchev–Trinajstić information content (AvgIpc) is 2.39. The zero-order valence-corrected chi connectivity index (χ0v) is 10.6. The topological polar surface area (TPSA) is 51.8 Å². The first kappa shape index (κ1) is 11.2. The summed E-state index contributed by atoms with van der Waals surface area (Å²) in [4.78, 5) is 9.14. The SMILES string of the molecule is Cc1ccc(-c2nc(N)c3c(n2)CCCC3)cc1. The second-order valence-corrected chi connectivity index (χ2v) is 4.93. The fourth-order valence-electron chi connectivity index (χ4n) is 2.45. The fraction of sp³-hybridized carbons (Fsp3) is 0.333. The summed E-state index contributed by atoms with van der Waals surface area (Å²) in [6.07, 6.45) is 4.46. The molecule has 0 bridgehead atoms. The van der Waals surface area contributed by atoms with E-state index in [1.165, 1.54) is 18.4 Å². The van der Waals surface area contributed by atoms with Gasteiger partial charge in [0.25, 0.3) is 0 Å². The van der Waals surface area contributed by atoms with E-state index in [2.05, 4.69) is 41.2 Å². The molecule has 0 atom stereocenters. The first-order valence-electron chi connectivity index (χ1n) is 6.46. The lowest BCUT2D eigenvalue weighted by Crippen LogP contribution is -2.11. The summed E-state index contributed by atoms with van der Waals surface area (Å²) in [5, 5.41) is 0. The highest BCUT2D eigenvalue weighted by Gasteiger charge is 2.16.